The summed E-state index contributed by atoms with van der Waals surface area (Å²) >= 11 is 0. The quantitative estimate of drug-likeness (QED) is 0.821. The van der Waals surface area contributed by atoms with Crippen molar-refractivity contribution in [2.75, 3.05) is 13.7 Å². The van der Waals surface area contributed by atoms with Crippen molar-refractivity contribution in [2.45, 2.75) is 32.1 Å². The van der Waals surface area contributed by atoms with Crippen LogP contribution in [0.4, 0.5) is 13.2 Å². The lowest BCUT2D eigenvalue weighted by molar-refractivity contribution is -0.144. The smallest absolute Gasteiger partial charge is 0.419 e. The van der Waals surface area contributed by atoms with Crippen molar-refractivity contribution in [3.8, 4) is 5.75 Å². The molecule has 0 spiro atoms. The van der Waals surface area contributed by atoms with Gasteiger partial charge in [0.05, 0.1) is 12.7 Å². The first-order valence-corrected chi connectivity index (χ1v) is 6.38. The van der Waals surface area contributed by atoms with Crippen LogP contribution in [-0.4, -0.2) is 31.8 Å². The fourth-order valence-electron chi connectivity index (χ4n) is 1.73. The van der Waals surface area contributed by atoms with Crippen LogP contribution in [-0.2, 0) is 15.7 Å². The van der Waals surface area contributed by atoms with Gasteiger partial charge in [-0.25, -0.2) is 0 Å². The summed E-state index contributed by atoms with van der Waals surface area (Å²) in [4.78, 5) is 11.6. The third-order valence-electron chi connectivity index (χ3n) is 2.62. The summed E-state index contributed by atoms with van der Waals surface area (Å²) in [6, 6.07) is 3.98. The summed E-state index contributed by atoms with van der Waals surface area (Å²) in [5.41, 5.74) is -0.877. The maximum atomic E-state index is 12.8. The Balaban J connectivity index is 2.83. The minimum atomic E-state index is -4.51. The highest BCUT2D eigenvalue weighted by atomic mass is 19.4. The molecule has 0 aliphatic heterocycles. The fraction of sp³-hybridized carbons (Fsp3) is 0.500. The molecule has 0 saturated carbocycles. The fourth-order valence-corrected chi connectivity index (χ4v) is 1.73. The lowest BCUT2D eigenvalue weighted by Crippen LogP contribution is -2.45. The largest absolute Gasteiger partial charge is 0.491 e. The minimum absolute atomic E-state index is 0.0458. The molecule has 118 valence electrons. The highest BCUT2D eigenvalue weighted by Gasteiger charge is 2.34. The van der Waals surface area contributed by atoms with Crippen LogP contribution in [0.3, 0.4) is 0 Å². The van der Waals surface area contributed by atoms with Gasteiger partial charge in [0.1, 0.15) is 18.4 Å². The van der Waals surface area contributed by atoms with Gasteiger partial charge in [0.2, 0.25) is 0 Å². The van der Waals surface area contributed by atoms with E-state index in [2.05, 4.69) is 10.1 Å². The molecule has 1 aromatic rings. The summed E-state index contributed by atoms with van der Waals surface area (Å²) in [5.74, 6) is -0.905. The van der Waals surface area contributed by atoms with Crippen molar-refractivity contribution in [1.82, 2.24) is 5.32 Å². The van der Waals surface area contributed by atoms with Crippen LogP contribution in [0.25, 0.3) is 0 Å². The van der Waals surface area contributed by atoms with Crippen molar-refractivity contribution in [1.29, 1.82) is 0 Å². The molecule has 1 unspecified atom stereocenters. The van der Waals surface area contributed by atoms with Gasteiger partial charge in [0, 0.05) is 6.04 Å². The predicted molar refractivity (Wildman–Crippen MR) is 71.0 cm³/mol. The number of halogens is 3. The molecule has 1 atom stereocenters. The number of hydrogen-bond acceptors (Lipinski definition) is 4. The maximum Gasteiger partial charge on any atom is 0.419 e. The molecule has 0 amide bonds. The van der Waals surface area contributed by atoms with Gasteiger partial charge in [0.25, 0.3) is 0 Å². The third kappa shape index (κ3) is 5.26. The van der Waals surface area contributed by atoms with Gasteiger partial charge in [-0.15, -0.1) is 0 Å². The number of alkyl halides is 3. The van der Waals surface area contributed by atoms with Gasteiger partial charge in [-0.2, -0.15) is 13.2 Å². The maximum absolute atomic E-state index is 12.8. The van der Waals surface area contributed by atoms with Crippen LogP contribution in [0.2, 0.25) is 0 Å². The van der Waals surface area contributed by atoms with E-state index in [9.17, 15) is 18.0 Å². The van der Waals surface area contributed by atoms with Gasteiger partial charge >= 0.3 is 12.1 Å². The Bertz CT molecular complexity index is 475. The molecular weight excluding hydrogens is 287 g/mol. The normalized spacial score (nSPS) is 13.1. The standard InChI is InChI=1S/C14H18F3NO3/c1-9(2)18-11(13(19)20-3)8-21-12-7-5-4-6-10(12)14(15,16)17/h4-7,9,11,18H,8H2,1-3H3. The van der Waals surface area contributed by atoms with E-state index in [1.54, 1.807) is 13.8 Å². The van der Waals surface area contributed by atoms with E-state index in [-0.39, 0.29) is 18.4 Å². The zero-order chi connectivity index (χ0) is 16.0. The number of carbonyl (C=O) groups is 1. The summed E-state index contributed by atoms with van der Waals surface area (Å²) in [6.45, 7) is 3.36. The zero-order valence-electron chi connectivity index (χ0n) is 12.0. The Hall–Kier alpha value is -1.76. The molecule has 1 aromatic carbocycles. The Morgan fingerprint density at radius 1 is 1.29 bits per heavy atom. The number of nitrogens with one attached hydrogen (secondary N) is 1. The molecular formula is C14H18F3NO3. The van der Waals surface area contributed by atoms with E-state index >= 15 is 0 Å². The number of para-hydroxylation sites is 1. The molecule has 0 saturated heterocycles. The highest BCUT2D eigenvalue weighted by Crippen LogP contribution is 2.35. The zero-order valence-corrected chi connectivity index (χ0v) is 12.0. The Morgan fingerprint density at radius 2 is 1.90 bits per heavy atom. The average molecular weight is 305 g/mol. The van der Waals surface area contributed by atoms with Crippen LogP contribution >= 0.6 is 0 Å². The van der Waals surface area contributed by atoms with Crippen molar-refractivity contribution in [3.63, 3.8) is 0 Å². The van der Waals surface area contributed by atoms with Gasteiger partial charge < -0.3 is 9.47 Å². The lowest BCUT2D eigenvalue weighted by atomic mass is 10.2. The van der Waals surface area contributed by atoms with E-state index < -0.39 is 23.8 Å². The van der Waals surface area contributed by atoms with E-state index in [1.807, 2.05) is 0 Å². The van der Waals surface area contributed by atoms with Crippen LogP contribution in [0, 0.1) is 0 Å². The molecule has 7 heteroatoms. The molecule has 1 rings (SSSR count). The highest BCUT2D eigenvalue weighted by molar-refractivity contribution is 5.75. The molecule has 1 N–H and O–H groups in total. The predicted octanol–water partition coefficient (Wildman–Crippen LogP) is 2.62. The van der Waals surface area contributed by atoms with E-state index in [4.69, 9.17) is 4.74 Å². The van der Waals surface area contributed by atoms with Gasteiger partial charge in [-0.1, -0.05) is 26.0 Å². The van der Waals surface area contributed by atoms with Gasteiger partial charge in [0.15, 0.2) is 0 Å². The summed E-state index contributed by atoms with van der Waals surface area (Å²) in [7, 11) is 1.21. The summed E-state index contributed by atoms with van der Waals surface area (Å²) in [6.07, 6.45) is -4.51. The van der Waals surface area contributed by atoms with Gasteiger partial charge in [-0.05, 0) is 12.1 Å². The topological polar surface area (TPSA) is 47.6 Å². The van der Waals surface area contributed by atoms with E-state index in [1.165, 1.54) is 25.3 Å². The molecule has 0 bridgehead atoms. The number of benzene rings is 1. The number of rotatable bonds is 6. The van der Waals surface area contributed by atoms with Crippen molar-refractivity contribution < 1.29 is 27.4 Å². The molecule has 0 radical (unpaired) electrons. The molecule has 0 aliphatic rings. The number of carbonyl (C=O) groups excluding carboxylic acids is 1. The second-order valence-corrected chi connectivity index (χ2v) is 4.70. The van der Waals surface area contributed by atoms with Crippen molar-refractivity contribution in [3.05, 3.63) is 29.8 Å². The van der Waals surface area contributed by atoms with Crippen molar-refractivity contribution >= 4 is 5.97 Å². The number of methoxy groups -OCH3 is 1. The molecule has 0 heterocycles. The Kier molecular flexibility index (Phi) is 6.02. The molecule has 0 fully saturated rings. The van der Waals surface area contributed by atoms with Crippen LogP contribution < -0.4 is 10.1 Å². The second kappa shape index (κ2) is 7.31. The first kappa shape index (κ1) is 17.3. The summed E-state index contributed by atoms with van der Waals surface area (Å²) < 4.78 is 48.2. The van der Waals surface area contributed by atoms with E-state index in [0.29, 0.717) is 0 Å². The molecule has 21 heavy (non-hydrogen) atoms. The first-order chi connectivity index (χ1) is 9.75. The third-order valence-corrected chi connectivity index (χ3v) is 2.62. The first-order valence-electron chi connectivity index (χ1n) is 6.38. The number of hydrogen-bond donors (Lipinski definition) is 1. The second-order valence-electron chi connectivity index (χ2n) is 4.70. The van der Waals surface area contributed by atoms with Gasteiger partial charge in [-0.3, -0.25) is 10.1 Å². The SMILES string of the molecule is COC(=O)C(COc1ccccc1C(F)(F)F)NC(C)C. The van der Waals surface area contributed by atoms with Crippen LogP contribution in [0.5, 0.6) is 5.75 Å². The lowest BCUT2D eigenvalue weighted by Gasteiger charge is -2.20. The van der Waals surface area contributed by atoms with Crippen molar-refractivity contribution in [2.24, 2.45) is 0 Å². The Morgan fingerprint density at radius 3 is 2.43 bits per heavy atom. The Labute approximate surface area is 121 Å². The summed E-state index contributed by atoms with van der Waals surface area (Å²) in [5, 5.41) is 2.88. The molecule has 4 nitrogen and oxygen atoms in total. The molecule has 0 aromatic heterocycles. The van der Waals surface area contributed by atoms with Crippen LogP contribution in [0.1, 0.15) is 19.4 Å². The minimum Gasteiger partial charge on any atom is -0.491 e. The molecule has 0 aliphatic carbocycles. The average Bonchev–Trinajstić information content (AvgIpc) is 2.41. The number of ether oxygens (including phenoxy) is 2. The number of esters is 1. The monoisotopic (exact) mass is 305 g/mol. The van der Waals surface area contributed by atoms with Crippen LogP contribution in [0.15, 0.2) is 24.3 Å². The van der Waals surface area contributed by atoms with E-state index in [0.717, 1.165) is 6.07 Å².